The second kappa shape index (κ2) is 8.84. The van der Waals surface area contributed by atoms with Gasteiger partial charge in [0, 0.05) is 56.9 Å². The number of anilines is 3. The molecule has 8 heteroatoms. The highest BCUT2D eigenvalue weighted by molar-refractivity contribution is 5.94. The van der Waals surface area contributed by atoms with Crippen LogP contribution in [-0.2, 0) is 7.05 Å². The molecule has 0 spiro atoms. The van der Waals surface area contributed by atoms with Crippen LogP contribution >= 0.6 is 0 Å². The minimum Gasteiger partial charge on any atom is -0.398 e. The number of pyridine rings is 2. The maximum Gasteiger partial charge on any atom is 0.274 e. The van der Waals surface area contributed by atoms with Crippen molar-refractivity contribution in [1.29, 1.82) is 0 Å². The normalized spacial score (nSPS) is 14.4. The zero-order chi connectivity index (χ0) is 22.8. The molecule has 1 aliphatic heterocycles. The summed E-state index contributed by atoms with van der Waals surface area (Å²) < 4.78 is 1.53. The number of rotatable bonds is 4. The van der Waals surface area contributed by atoms with Crippen LogP contribution in [0.1, 0.15) is 15.9 Å². The molecule has 0 atom stereocenters. The third kappa shape index (κ3) is 4.36. The van der Waals surface area contributed by atoms with Gasteiger partial charge in [-0.1, -0.05) is 12.1 Å². The molecule has 8 nitrogen and oxygen atoms in total. The lowest BCUT2D eigenvalue weighted by Crippen LogP contribution is -2.47. The Morgan fingerprint density at radius 1 is 1.09 bits per heavy atom. The molecule has 0 bridgehead atoms. The molecule has 1 amide bonds. The van der Waals surface area contributed by atoms with Crippen LogP contribution < -0.4 is 16.6 Å². The number of nitrogen functional groups attached to an aromatic ring is 1. The third-order valence-corrected chi connectivity index (χ3v) is 5.93. The smallest absolute Gasteiger partial charge is 0.274 e. The van der Waals surface area contributed by atoms with E-state index in [9.17, 15) is 9.59 Å². The number of nitrogens with zero attached hydrogens (tertiary/aromatic N) is 4. The summed E-state index contributed by atoms with van der Waals surface area (Å²) in [6, 6.07) is 11.0. The number of aryl methyl sites for hydroxylation is 1. The summed E-state index contributed by atoms with van der Waals surface area (Å²) in [6.07, 6.45) is 3.35. The van der Waals surface area contributed by atoms with Gasteiger partial charge in [0.05, 0.1) is 5.56 Å². The number of hydrogen-bond acceptors (Lipinski definition) is 6. The maximum absolute atomic E-state index is 12.7. The van der Waals surface area contributed by atoms with E-state index in [1.165, 1.54) is 4.57 Å². The summed E-state index contributed by atoms with van der Waals surface area (Å²) in [6.45, 7) is 5.11. The predicted octanol–water partition coefficient (Wildman–Crippen LogP) is 2.47. The van der Waals surface area contributed by atoms with E-state index < -0.39 is 0 Å². The SMILES string of the molecule is Cc1c(N)cccc1-c1cc(Nc2ccc(C(=O)N3CCN(C)CC3)cn2)c(=O)n(C)c1. The molecule has 1 aliphatic rings. The number of amides is 1. The van der Waals surface area contributed by atoms with Gasteiger partial charge in [-0.2, -0.15) is 0 Å². The van der Waals surface area contributed by atoms with Crippen molar-refractivity contribution in [2.45, 2.75) is 6.92 Å². The van der Waals surface area contributed by atoms with Gasteiger partial charge in [-0.25, -0.2) is 4.98 Å². The minimum absolute atomic E-state index is 0.0211. The second-order valence-electron chi connectivity index (χ2n) is 8.23. The highest BCUT2D eigenvalue weighted by atomic mass is 16.2. The largest absolute Gasteiger partial charge is 0.398 e. The predicted molar refractivity (Wildman–Crippen MR) is 127 cm³/mol. The molecule has 3 heterocycles. The first-order valence-corrected chi connectivity index (χ1v) is 10.6. The molecule has 2 aromatic heterocycles. The van der Waals surface area contributed by atoms with E-state index in [0.717, 1.165) is 29.8 Å². The molecule has 32 heavy (non-hydrogen) atoms. The first kappa shape index (κ1) is 21.6. The average Bonchev–Trinajstić information content (AvgIpc) is 2.79. The van der Waals surface area contributed by atoms with Gasteiger partial charge in [0.2, 0.25) is 0 Å². The summed E-state index contributed by atoms with van der Waals surface area (Å²) in [7, 11) is 3.76. The Hall–Kier alpha value is -3.65. The fraction of sp³-hybridized carbons (Fsp3) is 0.292. The van der Waals surface area contributed by atoms with Crippen LogP contribution in [0, 0.1) is 6.92 Å². The molecule has 1 fully saturated rings. The Morgan fingerprint density at radius 2 is 1.84 bits per heavy atom. The molecule has 166 valence electrons. The molecule has 3 aromatic rings. The van der Waals surface area contributed by atoms with Crippen LogP contribution in [0.2, 0.25) is 0 Å². The third-order valence-electron chi connectivity index (χ3n) is 5.93. The molecule has 0 radical (unpaired) electrons. The highest BCUT2D eigenvalue weighted by Gasteiger charge is 2.20. The summed E-state index contributed by atoms with van der Waals surface area (Å²) >= 11 is 0. The Bertz CT molecular complexity index is 1190. The van der Waals surface area contributed by atoms with Crippen LogP contribution in [0.25, 0.3) is 11.1 Å². The molecule has 0 aliphatic carbocycles. The Labute approximate surface area is 187 Å². The van der Waals surface area contributed by atoms with Crippen molar-refractivity contribution in [3.63, 3.8) is 0 Å². The molecule has 1 saturated heterocycles. The van der Waals surface area contributed by atoms with E-state index in [2.05, 4.69) is 22.2 Å². The van der Waals surface area contributed by atoms with Gasteiger partial charge < -0.3 is 25.4 Å². The summed E-state index contributed by atoms with van der Waals surface area (Å²) in [4.78, 5) is 33.8. The van der Waals surface area contributed by atoms with Gasteiger partial charge in [0.25, 0.3) is 11.5 Å². The minimum atomic E-state index is -0.172. The van der Waals surface area contributed by atoms with Crippen LogP contribution in [0.15, 0.2) is 53.6 Å². The second-order valence-corrected chi connectivity index (χ2v) is 8.23. The molecule has 0 unspecified atom stereocenters. The molecular weight excluding hydrogens is 404 g/mol. The zero-order valence-electron chi connectivity index (χ0n) is 18.6. The topological polar surface area (TPSA) is 96.5 Å². The summed E-state index contributed by atoms with van der Waals surface area (Å²) in [5, 5.41) is 3.10. The number of aromatic nitrogens is 2. The van der Waals surface area contributed by atoms with Gasteiger partial charge in [-0.05, 0) is 49.4 Å². The molecule has 0 saturated carbocycles. The Balaban J connectivity index is 1.56. The van der Waals surface area contributed by atoms with Gasteiger partial charge in [-0.15, -0.1) is 0 Å². The number of nitrogens with two attached hydrogens (primary N) is 1. The fourth-order valence-corrected chi connectivity index (χ4v) is 3.84. The Kier molecular flexibility index (Phi) is 5.96. The molecular formula is C24H28N6O2. The summed E-state index contributed by atoms with van der Waals surface area (Å²) in [5.74, 6) is 0.477. The van der Waals surface area contributed by atoms with Gasteiger partial charge in [0.1, 0.15) is 11.5 Å². The lowest BCUT2D eigenvalue weighted by molar-refractivity contribution is 0.0663. The highest BCUT2D eigenvalue weighted by Crippen LogP contribution is 2.28. The van der Waals surface area contributed by atoms with Gasteiger partial charge in [-0.3, -0.25) is 9.59 Å². The molecule has 4 rings (SSSR count). The maximum atomic E-state index is 12.7. The van der Waals surface area contributed by atoms with Crippen LogP contribution in [0.4, 0.5) is 17.2 Å². The van der Waals surface area contributed by atoms with Crippen LogP contribution in [0.5, 0.6) is 0 Å². The van der Waals surface area contributed by atoms with E-state index in [0.29, 0.717) is 35.8 Å². The van der Waals surface area contributed by atoms with E-state index in [1.54, 1.807) is 37.6 Å². The van der Waals surface area contributed by atoms with Crippen molar-refractivity contribution >= 4 is 23.1 Å². The number of nitrogens with one attached hydrogen (secondary N) is 1. The fourth-order valence-electron chi connectivity index (χ4n) is 3.84. The lowest BCUT2D eigenvalue weighted by atomic mass is 10.0. The molecule has 1 aromatic carbocycles. The monoisotopic (exact) mass is 432 g/mol. The average molecular weight is 433 g/mol. The number of benzene rings is 1. The van der Waals surface area contributed by atoms with E-state index >= 15 is 0 Å². The number of carbonyl (C=O) groups excluding carboxylic acids is 1. The van der Waals surface area contributed by atoms with E-state index in [-0.39, 0.29) is 11.5 Å². The van der Waals surface area contributed by atoms with Crippen molar-refractivity contribution < 1.29 is 4.79 Å². The summed E-state index contributed by atoms with van der Waals surface area (Å²) in [5.41, 5.74) is 10.3. The number of carbonyl (C=O) groups is 1. The first-order valence-electron chi connectivity index (χ1n) is 10.6. The van der Waals surface area contributed by atoms with Crippen LogP contribution in [-0.4, -0.2) is 58.5 Å². The zero-order valence-corrected chi connectivity index (χ0v) is 18.6. The van der Waals surface area contributed by atoms with Gasteiger partial charge in [0.15, 0.2) is 0 Å². The number of hydrogen-bond donors (Lipinski definition) is 2. The van der Waals surface area contributed by atoms with Crippen LogP contribution in [0.3, 0.4) is 0 Å². The van der Waals surface area contributed by atoms with Crippen molar-refractivity contribution in [2.24, 2.45) is 7.05 Å². The standard InChI is InChI=1S/C24H28N6O2/c1-16-19(5-4-6-20(16)25)18-13-21(24(32)29(3)15-18)27-22-8-7-17(14-26-22)23(31)30-11-9-28(2)10-12-30/h4-8,13-15H,9-12,25H2,1-3H3,(H,26,27). The van der Waals surface area contributed by atoms with E-state index in [1.807, 2.05) is 30.0 Å². The van der Waals surface area contributed by atoms with E-state index in [4.69, 9.17) is 5.73 Å². The Morgan fingerprint density at radius 3 is 2.53 bits per heavy atom. The number of piperazine rings is 1. The van der Waals surface area contributed by atoms with Crippen molar-refractivity contribution in [3.8, 4) is 11.1 Å². The van der Waals surface area contributed by atoms with Crippen molar-refractivity contribution in [3.05, 3.63) is 70.3 Å². The van der Waals surface area contributed by atoms with Crippen molar-refractivity contribution in [1.82, 2.24) is 19.4 Å². The van der Waals surface area contributed by atoms with Crippen molar-refractivity contribution in [2.75, 3.05) is 44.3 Å². The quantitative estimate of drug-likeness (QED) is 0.615. The number of likely N-dealkylation sites (N-methyl/N-ethyl adjacent to an activating group) is 1. The molecule has 3 N–H and O–H groups in total. The van der Waals surface area contributed by atoms with Gasteiger partial charge >= 0.3 is 0 Å². The first-order chi connectivity index (χ1) is 15.3. The lowest BCUT2D eigenvalue weighted by Gasteiger charge is -2.32.